The van der Waals surface area contributed by atoms with Gasteiger partial charge < -0.3 is 19.3 Å². The summed E-state index contributed by atoms with van der Waals surface area (Å²) >= 11 is 0. The van der Waals surface area contributed by atoms with Gasteiger partial charge in [0, 0.05) is 6.61 Å². The van der Waals surface area contributed by atoms with Crippen LogP contribution in [-0.4, -0.2) is 37.5 Å². The Balaban J connectivity index is 2.48. The van der Waals surface area contributed by atoms with Gasteiger partial charge in [-0.3, -0.25) is 0 Å². The Morgan fingerprint density at radius 3 is 2.52 bits per heavy atom. The number of benzene rings is 1. The van der Waals surface area contributed by atoms with E-state index in [1.54, 1.807) is 6.07 Å². The molecule has 0 saturated carbocycles. The molecule has 0 saturated heterocycles. The molecule has 1 N–H and O–H groups in total. The number of hydrogen-bond acceptors (Lipinski definition) is 4. The maximum absolute atomic E-state index is 10.9. The molecule has 0 atom stereocenters. The minimum absolute atomic E-state index is 0.180. The predicted octanol–water partition coefficient (Wildman–Crippen LogP) is 3.23. The van der Waals surface area contributed by atoms with Crippen LogP contribution in [0.3, 0.4) is 0 Å². The Kier molecular flexibility index (Phi) is 7.61. The highest BCUT2D eigenvalue weighted by Gasteiger charge is 2.10. The number of carbonyl (C=O) groups is 1. The number of carboxylic acids is 1. The van der Waals surface area contributed by atoms with Crippen molar-refractivity contribution in [2.75, 3.05) is 26.4 Å². The summed E-state index contributed by atoms with van der Waals surface area (Å²) in [5.74, 6) is 0.618. The Morgan fingerprint density at radius 2 is 1.90 bits per heavy atom. The van der Waals surface area contributed by atoms with Gasteiger partial charge in [-0.15, -0.1) is 0 Å². The highest BCUT2D eigenvalue weighted by atomic mass is 16.5. The Bertz CT molecular complexity index is 442. The minimum atomic E-state index is -0.987. The first-order valence-corrected chi connectivity index (χ1v) is 7.25. The van der Waals surface area contributed by atoms with Crippen LogP contribution < -0.4 is 9.47 Å². The summed E-state index contributed by atoms with van der Waals surface area (Å²) in [5, 5.41) is 8.97. The smallest absolute Gasteiger partial charge is 0.335 e. The number of carboxylic acid groups (broad SMARTS) is 1. The van der Waals surface area contributed by atoms with E-state index in [1.807, 2.05) is 6.92 Å². The van der Waals surface area contributed by atoms with Crippen LogP contribution in [-0.2, 0) is 4.74 Å². The average molecular weight is 296 g/mol. The maximum Gasteiger partial charge on any atom is 0.335 e. The van der Waals surface area contributed by atoms with Crippen molar-refractivity contribution >= 4 is 5.97 Å². The van der Waals surface area contributed by atoms with E-state index in [1.165, 1.54) is 12.1 Å². The molecular weight excluding hydrogens is 272 g/mol. The van der Waals surface area contributed by atoms with Crippen molar-refractivity contribution in [2.45, 2.75) is 27.2 Å². The Morgan fingerprint density at radius 1 is 1.14 bits per heavy atom. The molecule has 0 spiro atoms. The van der Waals surface area contributed by atoms with E-state index in [9.17, 15) is 4.79 Å². The van der Waals surface area contributed by atoms with Crippen LogP contribution in [0.1, 0.15) is 37.6 Å². The van der Waals surface area contributed by atoms with Crippen molar-refractivity contribution in [3.05, 3.63) is 23.8 Å². The third-order valence-corrected chi connectivity index (χ3v) is 2.82. The number of aromatic carboxylic acids is 1. The third kappa shape index (κ3) is 6.49. The summed E-state index contributed by atoms with van der Waals surface area (Å²) < 4.78 is 16.5. The molecule has 0 fully saturated rings. The largest absolute Gasteiger partial charge is 0.490 e. The lowest BCUT2D eigenvalue weighted by Gasteiger charge is -2.13. The van der Waals surface area contributed by atoms with E-state index in [2.05, 4.69) is 13.8 Å². The second-order valence-corrected chi connectivity index (χ2v) is 5.04. The molecule has 21 heavy (non-hydrogen) atoms. The molecule has 0 bridgehead atoms. The van der Waals surface area contributed by atoms with Crippen LogP contribution in [0.5, 0.6) is 11.5 Å². The fourth-order valence-electron chi connectivity index (χ4n) is 1.66. The number of rotatable bonds is 10. The molecule has 5 heteroatoms. The van der Waals surface area contributed by atoms with Gasteiger partial charge in [0.2, 0.25) is 0 Å². The topological polar surface area (TPSA) is 65.0 Å². The van der Waals surface area contributed by atoms with Gasteiger partial charge in [-0.1, -0.05) is 13.8 Å². The van der Waals surface area contributed by atoms with Crippen molar-refractivity contribution in [3.8, 4) is 11.5 Å². The lowest BCUT2D eigenvalue weighted by Crippen LogP contribution is -2.10. The monoisotopic (exact) mass is 296 g/mol. The van der Waals surface area contributed by atoms with Gasteiger partial charge in [0.25, 0.3) is 0 Å². The average Bonchev–Trinajstić information content (AvgIpc) is 2.43. The summed E-state index contributed by atoms with van der Waals surface area (Å²) in [6.07, 6.45) is 1.03. The molecule has 0 unspecified atom stereocenters. The molecule has 118 valence electrons. The van der Waals surface area contributed by atoms with Crippen LogP contribution in [0.2, 0.25) is 0 Å². The summed E-state index contributed by atoms with van der Waals surface area (Å²) in [5.41, 5.74) is 0.180. The van der Waals surface area contributed by atoms with Gasteiger partial charge in [0.1, 0.15) is 6.61 Å². The van der Waals surface area contributed by atoms with Gasteiger partial charge >= 0.3 is 5.97 Å². The standard InChI is InChI=1S/C16H24O5/c1-4-20-15-11-13(16(17)18)5-6-14(15)21-10-9-19-8-7-12(2)3/h5-6,11-12H,4,7-10H2,1-3H3,(H,17,18). The van der Waals surface area contributed by atoms with E-state index in [0.29, 0.717) is 37.2 Å². The third-order valence-electron chi connectivity index (χ3n) is 2.82. The van der Waals surface area contributed by atoms with Crippen LogP contribution in [0.25, 0.3) is 0 Å². The molecule has 0 heterocycles. The first-order chi connectivity index (χ1) is 10.0. The van der Waals surface area contributed by atoms with Gasteiger partial charge in [0.15, 0.2) is 11.5 Å². The van der Waals surface area contributed by atoms with E-state index >= 15 is 0 Å². The SMILES string of the molecule is CCOc1cc(C(=O)O)ccc1OCCOCCC(C)C. The van der Waals surface area contributed by atoms with Gasteiger partial charge in [0.05, 0.1) is 18.8 Å². The molecule has 0 aliphatic rings. The molecular formula is C16H24O5. The van der Waals surface area contributed by atoms with E-state index in [4.69, 9.17) is 19.3 Å². The molecule has 1 rings (SSSR count). The van der Waals surface area contributed by atoms with Crippen molar-refractivity contribution in [1.29, 1.82) is 0 Å². The number of ether oxygens (including phenoxy) is 3. The normalized spacial score (nSPS) is 10.7. The molecule has 0 aliphatic heterocycles. The first-order valence-electron chi connectivity index (χ1n) is 7.25. The molecule has 1 aromatic carbocycles. The van der Waals surface area contributed by atoms with Crippen LogP contribution >= 0.6 is 0 Å². The molecule has 0 amide bonds. The molecule has 0 aromatic heterocycles. The van der Waals surface area contributed by atoms with E-state index < -0.39 is 5.97 Å². The fourth-order valence-corrected chi connectivity index (χ4v) is 1.66. The zero-order chi connectivity index (χ0) is 15.7. The summed E-state index contributed by atoms with van der Waals surface area (Å²) in [7, 11) is 0. The summed E-state index contributed by atoms with van der Waals surface area (Å²) in [4.78, 5) is 10.9. The molecule has 1 aromatic rings. The highest BCUT2D eigenvalue weighted by Crippen LogP contribution is 2.28. The molecule has 0 radical (unpaired) electrons. The van der Waals surface area contributed by atoms with Crippen molar-refractivity contribution in [1.82, 2.24) is 0 Å². The fraction of sp³-hybridized carbons (Fsp3) is 0.562. The van der Waals surface area contributed by atoms with Crippen molar-refractivity contribution < 1.29 is 24.1 Å². The lowest BCUT2D eigenvalue weighted by molar-refractivity contribution is 0.0695. The predicted molar refractivity (Wildman–Crippen MR) is 80.3 cm³/mol. The highest BCUT2D eigenvalue weighted by molar-refractivity contribution is 5.88. The summed E-state index contributed by atoms with van der Waals surface area (Å²) in [6, 6.07) is 4.59. The van der Waals surface area contributed by atoms with E-state index in [0.717, 1.165) is 13.0 Å². The second-order valence-electron chi connectivity index (χ2n) is 5.04. The quantitative estimate of drug-likeness (QED) is 0.672. The van der Waals surface area contributed by atoms with Gasteiger partial charge in [-0.2, -0.15) is 0 Å². The molecule has 5 nitrogen and oxygen atoms in total. The van der Waals surface area contributed by atoms with Crippen molar-refractivity contribution in [3.63, 3.8) is 0 Å². The van der Waals surface area contributed by atoms with Crippen LogP contribution in [0, 0.1) is 5.92 Å². The van der Waals surface area contributed by atoms with E-state index in [-0.39, 0.29) is 5.56 Å². The maximum atomic E-state index is 10.9. The Labute approximate surface area is 125 Å². The zero-order valence-electron chi connectivity index (χ0n) is 12.9. The summed E-state index contributed by atoms with van der Waals surface area (Å²) in [6.45, 7) is 8.22. The Hall–Kier alpha value is -1.75. The molecule has 0 aliphatic carbocycles. The minimum Gasteiger partial charge on any atom is -0.490 e. The van der Waals surface area contributed by atoms with Gasteiger partial charge in [-0.25, -0.2) is 4.79 Å². The first kappa shape index (κ1) is 17.3. The number of hydrogen-bond donors (Lipinski definition) is 1. The zero-order valence-corrected chi connectivity index (χ0v) is 12.9. The second kappa shape index (κ2) is 9.23. The van der Waals surface area contributed by atoms with Crippen molar-refractivity contribution in [2.24, 2.45) is 5.92 Å². The van der Waals surface area contributed by atoms with Crippen LogP contribution in [0.15, 0.2) is 18.2 Å². The van der Waals surface area contributed by atoms with Gasteiger partial charge in [-0.05, 0) is 37.5 Å². The van der Waals surface area contributed by atoms with Crippen LogP contribution in [0.4, 0.5) is 0 Å². The lowest BCUT2D eigenvalue weighted by atomic mass is 10.1.